The van der Waals surface area contributed by atoms with Crippen LogP contribution in [-0.4, -0.2) is 43.5 Å². The van der Waals surface area contributed by atoms with E-state index in [1.54, 1.807) is 0 Å². The third-order valence-electron chi connectivity index (χ3n) is 4.69. The first kappa shape index (κ1) is 17.3. The molecule has 1 aliphatic rings. The minimum absolute atomic E-state index is 0.240. The highest BCUT2D eigenvalue weighted by molar-refractivity contribution is 5.77. The second-order valence-electron chi connectivity index (χ2n) is 6.75. The minimum atomic E-state index is 0.240. The molecule has 132 valence electrons. The van der Waals surface area contributed by atoms with Crippen molar-refractivity contribution in [2.75, 3.05) is 42.9 Å². The summed E-state index contributed by atoms with van der Waals surface area (Å²) in [4.78, 5) is 16.8. The average molecular weight is 337 g/mol. The fourth-order valence-electron chi connectivity index (χ4n) is 3.27. The van der Waals surface area contributed by atoms with Gasteiger partial charge in [-0.05, 0) is 49.2 Å². The normalized spacial score (nSPS) is 14.5. The number of piperazine rings is 1. The van der Waals surface area contributed by atoms with Crippen molar-refractivity contribution in [2.45, 2.75) is 20.3 Å². The molecule has 0 bridgehead atoms. The molecule has 4 nitrogen and oxygen atoms in total. The van der Waals surface area contributed by atoms with Crippen molar-refractivity contribution in [3.8, 4) is 0 Å². The number of nitrogens with zero attached hydrogens (tertiary/aromatic N) is 2. The van der Waals surface area contributed by atoms with Crippen molar-refractivity contribution in [3.63, 3.8) is 0 Å². The maximum atomic E-state index is 12.4. The highest BCUT2D eigenvalue weighted by Gasteiger charge is 2.20. The molecule has 0 spiro atoms. The van der Waals surface area contributed by atoms with Gasteiger partial charge in [0.25, 0.3) is 0 Å². The first-order chi connectivity index (χ1) is 12.1. The fraction of sp³-hybridized carbons (Fsp3) is 0.381. The molecule has 0 atom stereocenters. The van der Waals surface area contributed by atoms with Crippen LogP contribution in [0.15, 0.2) is 48.5 Å². The van der Waals surface area contributed by atoms with Gasteiger partial charge < -0.3 is 15.1 Å². The fourth-order valence-corrected chi connectivity index (χ4v) is 3.27. The maximum absolute atomic E-state index is 12.4. The zero-order valence-corrected chi connectivity index (χ0v) is 15.2. The smallest absolute Gasteiger partial charge is 0.224 e. The van der Waals surface area contributed by atoms with Gasteiger partial charge in [-0.3, -0.25) is 4.79 Å². The Morgan fingerprint density at radius 3 is 2.32 bits per heavy atom. The summed E-state index contributed by atoms with van der Waals surface area (Å²) < 4.78 is 0. The quantitative estimate of drug-likeness (QED) is 0.908. The van der Waals surface area contributed by atoms with Gasteiger partial charge in [-0.15, -0.1) is 0 Å². The molecule has 1 aliphatic heterocycles. The number of carbonyl (C=O) groups excluding carboxylic acids is 1. The molecule has 2 aromatic carbocycles. The molecule has 25 heavy (non-hydrogen) atoms. The van der Waals surface area contributed by atoms with E-state index in [9.17, 15) is 4.79 Å². The molecule has 1 N–H and O–H groups in total. The average Bonchev–Trinajstić information content (AvgIpc) is 2.62. The number of benzene rings is 2. The summed E-state index contributed by atoms with van der Waals surface area (Å²) in [6.45, 7) is 8.28. The van der Waals surface area contributed by atoms with E-state index in [-0.39, 0.29) is 5.91 Å². The Hall–Kier alpha value is -2.49. The highest BCUT2D eigenvalue weighted by atomic mass is 16.2. The first-order valence-corrected chi connectivity index (χ1v) is 9.02. The number of carbonyl (C=O) groups is 1. The van der Waals surface area contributed by atoms with E-state index in [1.165, 1.54) is 16.8 Å². The van der Waals surface area contributed by atoms with Crippen LogP contribution >= 0.6 is 0 Å². The number of aryl methyl sites for hydroxylation is 2. The van der Waals surface area contributed by atoms with Gasteiger partial charge in [-0.2, -0.15) is 0 Å². The van der Waals surface area contributed by atoms with Gasteiger partial charge in [-0.1, -0.05) is 24.3 Å². The van der Waals surface area contributed by atoms with Gasteiger partial charge in [0.1, 0.15) is 0 Å². The molecule has 4 heteroatoms. The van der Waals surface area contributed by atoms with Crippen molar-refractivity contribution in [3.05, 3.63) is 59.7 Å². The topological polar surface area (TPSA) is 35.6 Å². The highest BCUT2D eigenvalue weighted by Crippen LogP contribution is 2.18. The number of nitrogens with one attached hydrogen (secondary N) is 1. The Bertz CT molecular complexity index is 721. The molecule has 1 saturated heterocycles. The first-order valence-electron chi connectivity index (χ1n) is 9.02. The minimum Gasteiger partial charge on any atom is -0.385 e. The number of rotatable bonds is 5. The van der Waals surface area contributed by atoms with E-state index in [4.69, 9.17) is 0 Å². The Labute approximate surface area is 150 Å². The van der Waals surface area contributed by atoms with Crippen LogP contribution in [0.2, 0.25) is 0 Å². The van der Waals surface area contributed by atoms with Crippen molar-refractivity contribution in [1.29, 1.82) is 0 Å². The van der Waals surface area contributed by atoms with E-state index in [2.05, 4.69) is 60.5 Å². The van der Waals surface area contributed by atoms with Crippen molar-refractivity contribution >= 4 is 17.3 Å². The van der Waals surface area contributed by atoms with Gasteiger partial charge in [0, 0.05) is 50.5 Å². The summed E-state index contributed by atoms with van der Waals surface area (Å²) in [7, 11) is 0. The molecule has 0 saturated carbocycles. The van der Waals surface area contributed by atoms with Gasteiger partial charge in [0.05, 0.1) is 0 Å². The van der Waals surface area contributed by atoms with Gasteiger partial charge >= 0.3 is 0 Å². The van der Waals surface area contributed by atoms with Crippen molar-refractivity contribution in [2.24, 2.45) is 0 Å². The van der Waals surface area contributed by atoms with Crippen LogP contribution in [0.25, 0.3) is 0 Å². The molecular formula is C21H27N3O. The molecule has 0 aliphatic carbocycles. The van der Waals surface area contributed by atoms with Crippen LogP contribution in [0.3, 0.4) is 0 Å². The van der Waals surface area contributed by atoms with Gasteiger partial charge in [0.2, 0.25) is 5.91 Å². The van der Waals surface area contributed by atoms with Crippen LogP contribution in [0.4, 0.5) is 11.4 Å². The van der Waals surface area contributed by atoms with Gasteiger partial charge in [-0.25, -0.2) is 0 Å². The zero-order valence-electron chi connectivity index (χ0n) is 15.2. The third-order valence-corrected chi connectivity index (χ3v) is 4.69. The Morgan fingerprint density at radius 1 is 0.960 bits per heavy atom. The van der Waals surface area contributed by atoms with Gasteiger partial charge in [0.15, 0.2) is 0 Å². The lowest BCUT2D eigenvalue weighted by molar-refractivity contribution is -0.131. The molecule has 1 heterocycles. The lowest BCUT2D eigenvalue weighted by Crippen LogP contribution is -2.49. The summed E-state index contributed by atoms with van der Waals surface area (Å²) in [5.41, 5.74) is 4.84. The van der Waals surface area contributed by atoms with E-state index in [0.29, 0.717) is 13.0 Å². The van der Waals surface area contributed by atoms with E-state index >= 15 is 0 Å². The second-order valence-corrected chi connectivity index (χ2v) is 6.75. The second kappa shape index (κ2) is 8.06. The lowest BCUT2D eigenvalue weighted by atomic mass is 10.2. The van der Waals surface area contributed by atoms with E-state index in [1.807, 2.05) is 17.0 Å². The Balaban J connectivity index is 1.44. The zero-order chi connectivity index (χ0) is 17.6. The molecule has 2 aromatic rings. The predicted octanol–water partition coefficient (Wildman–Crippen LogP) is 3.45. The molecule has 0 radical (unpaired) electrons. The van der Waals surface area contributed by atoms with Crippen LogP contribution in [0.5, 0.6) is 0 Å². The van der Waals surface area contributed by atoms with E-state index in [0.717, 1.165) is 31.9 Å². The number of anilines is 2. The summed E-state index contributed by atoms with van der Waals surface area (Å²) in [5.74, 6) is 0.240. The standard InChI is InChI=1S/C21H27N3O/c1-17-5-3-7-19(15-17)22-10-9-21(25)24-13-11-23(12-14-24)20-8-4-6-18(2)16-20/h3-8,15-16,22H,9-14H2,1-2H3. The summed E-state index contributed by atoms with van der Waals surface area (Å²) in [5, 5.41) is 3.34. The number of hydrogen-bond acceptors (Lipinski definition) is 3. The summed E-state index contributed by atoms with van der Waals surface area (Å²) in [6.07, 6.45) is 0.540. The lowest BCUT2D eigenvalue weighted by Gasteiger charge is -2.36. The molecule has 0 aromatic heterocycles. The van der Waals surface area contributed by atoms with Crippen LogP contribution < -0.4 is 10.2 Å². The van der Waals surface area contributed by atoms with E-state index < -0.39 is 0 Å². The number of amides is 1. The monoisotopic (exact) mass is 337 g/mol. The molecule has 0 unspecified atom stereocenters. The Kier molecular flexibility index (Phi) is 5.59. The number of hydrogen-bond donors (Lipinski definition) is 1. The Morgan fingerprint density at radius 2 is 1.64 bits per heavy atom. The largest absolute Gasteiger partial charge is 0.385 e. The molecule has 1 amide bonds. The van der Waals surface area contributed by atoms with Crippen molar-refractivity contribution < 1.29 is 4.79 Å². The summed E-state index contributed by atoms with van der Waals surface area (Å²) >= 11 is 0. The van der Waals surface area contributed by atoms with Crippen molar-refractivity contribution in [1.82, 2.24) is 4.90 Å². The van der Waals surface area contributed by atoms with Crippen LogP contribution in [-0.2, 0) is 4.79 Å². The third kappa shape index (κ3) is 4.75. The SMILES string of the molecule is Cc1cccc(NCCC(=O)N2CCN(c3cccc(C)c3)CC2)c1. The predicted molar refractivity (Wildman–Crippen MR) is 104 cm³/mol. The molecule has 3 rings (SSSR count). The maximum Gasteiger partial charge on any atom is 0.224 e. The molecular weight excluding hydrogens is 310 g/mol. The summed E-state index contributed by atoms with van der Waals surface area (Å²) in [6, 6.07) is 16.8. The van der Waals surface area contributed by atoms with Crippen LogP contribution in [0, 0.1) is 13.8 Å². The molecule has 1 fully saturated rings. The van der Waals surface area contributed by atoms with Crippen LogP contribution in [0.1, 0.15) is 17.5 Å².